The third-order valence-corrected chi connectivity index (χ3v) is 2.51. The molecule has 1 aromatic carbocycles. The maximum Gasteiger partial charge on any atom is 0.331 e. The molecule has 0 aliphatic rings. The molecule has 90 valence electrons. The van der Waals surface area contributed by atoms with Crippen molar-refractivity contribution in [3.63, 3.8) is 0 Å². The van der Waals surface area contributed by atoms with E-state index >= 15 is 0 Å². The van der Waals surface area contributed by atoms with Gasteiger partial charge in [0.25, 0.3) is 0 Å². The molecule has 2 heterocycles. The molecule has 3 rings (SSSR count). The molecule has 0 aliphatic heterocycles. The Labute approximate surface area is 100 Å². The summed E-state index contributed by atoms with van der Waals surface area (Å²) in [5.41, 5.74) is 1.66. The van der Waals surface area contributed by atoms with Crippen LogP contribution in [-0.4, -0.2) is 25.6 Å². The van der Waals surface area contributed by atoms with Gasteiger partial charge in [-0.1, -0.05) is 0 Å². The molecule has 3 N–H and O–H groups in total. The molecular formula is C11H9N5O2. The molecule has 7 nitrogen and oxygen atoms in total. The average molecular weight is 243 g/mol. The quantitative estimate of drug-likeness (QED) is 0.597. The van der Waals surface area contributed by atoms with Crippen molar-refractivity contribution in [2.75, 3.05) is 5.32 Å². The van der Waals surface area contributed by atoms with Crippen molar-refractivity contribution in [2.24, 2.45) is 0 Å². The standard InChI is InChI=1S/C11H9N5O2/c17-10-14-8-2-1-7(5-9(8)15-10)13-11(18)16-4-3-12-6-16/h1-6H,(H,13,18)(H2,14,15,17). The molecule has 0 unspecified atom stereocenters. The Hall–Kier alpha value is -2.83. The van der Waals surface area contributed by atoms with Gasteiger partial charge in [0, 0.05) is 18.1 Å². The van der Waals surface area contributed by atoms with E-state index in [4.69, 9.17) is 0 Å². The van der Waals surface area contributed by atoms with Crippen molar-refractivity contribution in [3.05, 3.63) is 47.4 Å². The van der Waals surface area contributed by atoms with E-state index in [0.717, 1.165) is 0 Å². The van der Waals surface area contributed by atoms with Gasteiger partial charge < -0.3 is 15.3 Å². The smallest absolute Gasteiger partial charge is 0.307 e. The van der Waals surface area contributed by atoms with Crippen molar-refractivity contribution in [1.29, 1.82) is 0 Å². The van der Waals surface area contributed by atoms with Gasteiger partial charge in [0.1, 0.15) is 6.33 Å². The van der Waals surface area contributed by atoms with Gasteiger partial charge in [-0.15, -0.1) is 0 Å². The zero-order valence-electron chi connectivity index (χ0n) is 9.18. The number of rotatable bonds is 1. The van der Waals surface area contributed by atoms with Gasteiger partial charge in [0.2, 0.25) is 0 Å². The van der Waals surface area contributed by atoms with E-state index in [-0.39, 0.29) is 11.7 Å². The second-order valence-electron chi connectivity index (χ2n) is 3.74. The Bertz CT molecular complexity index is 753. The van der Waals surface area contributed by atoms with E-state index in [2.05, 4.69) is 20.3 Å². The SMILES string of the molecule is O=C(Nc1ccc2[nH]c(=O)[nH]c2c1)n1ccnc1. The molecule has 1 amide bonds. The average Bonchev–Trinajstić information content (AvgIpc) is 2.95. The van der Waals surface area contributed by atoms with Gasteiger partial charge in [-0.05, 0) is 18.2 Å². The number of aromatic amines is 2. The number of hydrogen-bond acceptors (Lipinski definition) is 3. The number of imidazole rings is 2. The van der Waals surface area contributed by atoms with Gasteiger partial charge in [0.05, 0.1) is 11.0 Å². The molecule has 3 aromatic rings. The third-order valence-electron chi connectivity index (χ3n) is 2.51. The number of amides is 1. The second kappa shape index (κ2) is 3.88. The zero-order chi connectivity index (χ0) is 12.5. The number of anilines is 1. The van der Waals surface area contributed by atoms with Gasteiger partial charge in [-0.2, -0.15) is 0 Å². The molecule has 0 bridgehead atoms. The summed E-state index contributed by atoms with van der Waals surface area (Å²) in [7, 11) is 0. The Morgan fingerprint density at radius 1 is 1.28 bits per heavy atom. The first-order valence-corrected chi connectivity index (χ1v) is 5.24. The van der Waals surface area contributed by atoms with Crippen LogP contribution in [0.2, 0.25) is 0 Å². The lowest BCUT2D eigenvalue weighted by atomic mass is 10.3. The summed E-state index contributed by atoms with van der Waals surface area (Å²) in [5, 5.41) is 2.69. The second-order valence-corrected chi connectivity index (χ2v) is 3.74. The van der Waals surface area contributed by atoms with Crippen LogP contribution in [0.3, 0.4) is 0 Å². The van der Waals surface area contributed by atoms with E-state index in [1.807, 2.05) is 0 Å². The molecule has 18 heavy (non-hydrogen) atoms. The fraction of sp³-hybridized carbons (Fsp3) is 0. The van der Waals surface area contributed by atoms with E-state index in [1.165, 1.54) is 17.1 Å². The van der Waals surface area contributed by atoms with Crippen LogP contribution >= 0.6 is 0 Å². The molecule has 2 aromatic heterocycles. The number of nitrogens with zero attached hydrogens (tertiary/aromatic N) is 2. The predicted molar refractivity (Wildman–Crippen MR) is 65.6 cm³/mol. The fourth-order valence-electron chi connectivity index (χ4n) is 1.68. The van der Waals surface area contributed by atoms with Crippen LogP contribution in [0.4, 0.5) is 10.5 Å². The summed E-state index contributed by atoms with van der Waals surface area (Å²) < 4.78 is 1.32. The number of fused-ring (bicyclic) bond motifs is 1. The minimum Gasteiger partial charge on any atom is -0.307 e. The van der Waals surface area contributed by atoms with Crippen LogP contribution in [-0.2, 0) is 0 Å². The van der Waals surface area contributed by atoms with Crippen molar-refractivity contribution in [3.8, 4) is 0 Å². The lowest BCUT2D eigenvalue weighted by Gasteiger charge is -2.04. The van der Waals surface area contributed by atoms with Crippen molar-refractivity contribution in [2.45, 2.75) is 0 Å². The van der Waals surface area contributed by atoms with Crippen LogP contribution < -0.4 is 11.0 Å². The number of carbonyl (C=O) groups excluding carboxylic acids is 1. The summed E-state index contributed by atoms with van der Waals surface area (Å²) in [6, 6.07) is 4.80. The van der Waals surface area contributed by atoms with Crippen molar-refractivity contribution >= 4 is 22.8 Å². The minimum atomic E-state index is -0.315. The van der Waals surface area contributed by atoms with Crippen LogP contribution in [0.25, 0.3) is 11.0 Å². The van der Waals surface area contributed by atoms with Crippen molar-refractivity contribution < 1.29 is 4.79 Å². The Morgan fingerprint density at radius 3 is 2.89 bits per heavy atom. The summed E-state index contributed by atoms with van der Waals surface area (Å²) in [5.74, 6) is 0. The monoisotopic (exact) mass is 243 g/mol. The summed E-state index contributed by atoms with van der Waals surface area (Å²) >= 11 is 0. The van der Waals surface area contributed by atoms with Gasteiger partial charge in [0.15, 0.2) is 0 Å². The molecule has 7 heteroatoms. The highest BCUT2D eigenvalue weighted by Crippen LogP contribution is 2.14. The number of H-pyrrole nitrogens is 2. The summed E-state index contributed by atoms with van der Waals surface area (Å²) in [6.45, 7) is 0. The fourth-order valence-corrected chi connectivity index (χ4v) is 1.68. The summed E-state index contributed by atoms with van der Waals surface area (Å²) in [6.07, 6.45) is 4.48. The highest BCUT2D eigenvalue weighted by Gasteiger charge is 2.05. The molecule has 0 saturated heterocycles. The molecule has 0 atom stereocenters. The Morgan fingerprint density at radius 2 is 2.11 bits per heavy atom. The molecule has 0 radical (unpaired) electrons. The molecular weight excluding hydrogens is 234 g/mol. The highest BCUT2D eigenvalue weighted by atomic mass is 16.2. The van der Waals surface area contributed by atoms with Crippen LogP contribution in [0.1, 0.15) is 0 Å². The Balaban J connectivity index is 1.91. The number of hydrogen-bond donors (Lipinski definition) is 3. The number of benzene rings is 1. The maximum absolute atomic E-state index is 11.7. The lowest BCUT2D eigenvalue weighted by Crippen LogP contribution is -2.17. The van der Waals surface area contributed by atoms with Crippen LogP contribution in [0, 0.1) is 0 Å². The minimum absolute atomic E-state index is 0.275. The number of carbonyl (C=O) groups is 1. The van der Waals surface area contributed by atoms with Gasteiger partial charge >= 0.3 is 11.7 Å². The van der Waals surface area contributed by atoms with Crippen molar-refractivity contribution in [1.82, 2.24) is 19.5 Å². The highest BCUT2D eigenvalue weighted by molar-refractivity contribution is 5.93. The first-order valence-electron chi connectivity index (χ1n) is 5.24. The van der Waals surface area contributed by atoms with E-state index in [9.17, 15) is 9.59 Å². The summed E-state index contributed by atoms with van der Waals surface area (Å²) in [4.78, 5) is 31.9. The van der Waals surface area contributed by atoms with Crippen LogP contribution in [0.5, 0.6) is 0 Å². The number of nitrogens with one attached hydrogen (secondary N) is 3. The Kier molecular flexibility index (Phi) is 2.23. The zero-order valence-corrected chi connectivity index (χ0v) is 9.18. The maximum atomic E-state index is 11.7. The van der Waals surface area contributed by atoms with Gasteiger partial charge in [-0.3, -0.25) is 4.57 Å². The van der Waals surface area contributed by atoms with E-state index in [0.29, 0.717) is 16.7 Å². The lowest BCUT2D eigenvalue weighted by molar-refractivity contribution is 0.253. The number of aromatic nitrogens is 4. The first kappa shape index (κ1) is 10.3. The molecule has 0 saturated carbocycles. The third kappa shape index (κ3) is 1.77. The molecule has 0 fully saturated rings. The topological polar surface area (TPSA) is 95.6 Å². The molecule has 0 aliphatic carbocycles. The largest absolute Gasteiger partial charge is 0.331 e. The van der Waals surface area contributed by atoms with E-state index in [1.54, 1.807) is 24.4 Å². The normalized spacial score (nSPS) is 10.7. The van der Waals surface area contributed by atoms with Crippen LogP contribution in [0.15, 0.2) is 41.7 Å². The predicted octanol–water partition coefficient (Wildman–Crippen LogP) is 1.13. The van der Waals surface area contributed by atoms with Gasteiger partial charge in [-0.25, -0.2) is 14.6 Å². The first-order chi connectivity index (χ1) is 8.72. The van der Waals surface area contributed by atoms with E-state index < -0.39 is 0 Å². The molecule has 0 spiro atoms.